The van der Waals surface area contributed by atoms with Crippen LogP contribution in [0.3, 0.4) is 0 Å². The number of amides is 2. The van der Waals surface area contributed by atoms with Crippen molar-refractivity contribution in [2.75, 3.05) is 7.11 Å². The Labute approximate surface area is 114 Å². The molecule has 0 bridgehead atoms. The lowest BCUT2D eigenvalue weighted by molar-refractivity contribution is -0.140. The minimum absolute atomic E-state index is 0.167. The van der Waals surface area contributed by atoms with Crippen LogP contribution in [0.15, 0.2) is 18.2 Å². The van der Waals surface area contributed by atoms with Gasteiger partial charge in [-0.2, -0.15) is 0 Å². The van der Waals surface area contributed by atoms with Crippen LogP contribution in [-0.2, 0) is 9.59 Å². The van der Waals surface area contributed by atoms with E-state index in [1.807, 2.05) is 0 Å². The number of ether oxygens (including phenoxy) is 1. The Kier molecular flexibility index (Phi) is 4.90. The average molecular weight is 282 g/mol. The van der Waals surface area contributed by atoms with Crippen LogP contribution in [-0.4, -0.2) is 41.1 Å². The minimum atomic E-state index is -1.47. The first-order valence-electron chi connectivity index (χ1n) is 5.54. The molecule has 8 nitrogen and oxygen atoms in total. The highest BCUT2D eigenvalue weighted by atomic mass is 16.5. The first-order chi connectivity index (χ1) is 9.35. The third-order valence-corrected chi connectivity index (χ3v) is 2.46. The van der Waals surface area contributed by atoms with E-state index in [4.69, 9.17) is 15.6 Å². The van der Waals surface area contributed by atoms with Crippen molar-refractivity contribution in [1.29, 1.82) is 0 Å². The van der Waals surface area contributed by atoms with Crippen molar-refractivity contribution in [1.82, 2.24) is 5.32 Å². The van der Waals surface area contributed by atoms with Gasteiger partial charge in [-0.25, -0.2) is 4.79 Å². The van der Waals surface area contributed by atoms with Crippen LogP contribution < -0.4 is 15.8 Å². The highest BCUT2D eigenvalue weighted by Gasteiger charge is 2.24. The smallest absolute Gasteiger partial charge is 0.326 e. The van der Waals surface area contributed by atoms with Gasteiger partial charge in [-0.1, -0.05) is 0 Å². The van der Waals surface area contributed by atoms with E-state index in [-0.39, 0.29) is 11.3 Å². The molecule has 0 aromatic heterocycles. The summed E-state index contributed by atoms with van der Waals surface area (Å²) in [6.07, 6.45) is -0.550. The van der Waals surface area contributed by atoms with Crippen molar-refractivity contribution in [3.63, 3.8) is 0 Å². The molecule has 0 radical (unpaired) electrons. The summed E-state index contributed by atoms with van der Waals surface area (Å²) in [5, 5.41) is 20.6. The number of carbonyl (C=O) groups is 3. The van der Waals surface area contributed by atoms with E-state index in [1.165, 1.54) is 25.3 Å². The zero-order chi connectivity index (χ0) is 15.3. The van der Waals surface area contributed by atoms with Gasteiger partial charge in [-0.15, -0.1) is 0 Å². The van der Waals surface area contributed by atoms with Crippen LogP contribution in [0.2, 0.25) is 0 Å². The normalized spacial score (nSPS) is 11.4. The molecule has 1 atom stereocenters. The average Bonchev–Trinajstić information content (AvgIpc) is 2.37. The molecule has 20 heavy (non-hydrogen) atoms. The second-order valence-electron chi connectivity index (χ2n) is 3.92. The maximum atomic E-state index is 11.9. The van der Waals surface area contributed by atoms with Crippen LogP contribution in [0.1, 0.15) is 16.8 Å². The highest BCUT2D eigenvalue weighted by Crippen LogP contribution is 2.22. The Balaban J connectivity index is 2.94. The monoisotopic (exact) mass is 282 g/mol. The van der Waals surface area contributed by atoms with Gasteiger partial charge in [0, 0.05) is 0 Å². The molecule has 0 aliphatic carbocycles. The summed E-state index contributed by atoms with van der Waals surface area (Å²) < 4.78 is 4.90. The van der Waals surface area contributed by atoms with E-state index in [9.17, 15) is 19.5 Å². The van der Waals surface area contributed by atoms with E-state index in [0.717, 1.165) is 0 Å². The molecule has 108 valence electrons. The molecule has 5 N–H and O–H groups in total. The summed E-state index contributed by atoms with van der Waals surface area (Å²) >= 11 is 0. The third-order valence-electron chi connectivity index (χ3n) is 2.46. The lowest BCUT2D eigenvalue weighted by Gasteiger charge is -2.14. The van der Waals surface area contributed by atoms with Crippen LogP contribution in [0.4, 0.5) is 0 Å². The number of primary amides is 1. The summed E-state index contributed by atoms with van der Waals surface area (Å²) in [7, 11) is 1.38. The number of hydrogen-bond acceptors (Lipinski definition) is 5. The van der Waals surface area contributed by atoms with Gasteiger partial charge in [0.1, 0.15) is 17.5 Å². The number of aliphatic carboxylic acids is 1. The van der Waals surface area contributed by atoms with Crippen molar-refractivity contribution < 1.29 is 29.3 Å². The van der Waals surface area contributed by atoms with Gasteiger partial charge in [-0.3, -0.25) is 9.59 Å². The fourth-order valence-corrected chi connectivity index (χ4v) is 1.46. The molecule has 0 fully saturated rings. The molecule has 0 aliphatic rings. The molecule has 1 aromatic carbocycles. The van der Waals surface area contributed by atoms with Crippen molar-refractivity contribution >= 4 is 17.8 Å². The Morgan fingerprint density at radius 3 is 2.55 bits per heavy atom. The number of nitrogens with one attached hydrogen (secondary N) is 1. The molecule has 0 aliphatic heterocycles. The van der Waals surface area contributed by atoms with Crippen molar-refractivity contribution in [2.24, 2.45) is 5.73 Å². The zero-order valence-electron chi connectivity index (χ0n) is 10.6. The Bertz CT molecular complexity index is 543. The number of phenolic OH excluding ortho intramolecular Hbond substituents is 1. The van der Waals surface area contributed by atoms with Gasteiger partial charge >= 0.3 is 5.97 Å². The van der Waals surface area contributed by atoms with Crippen molar-refractivity contribution in [2.45, 2.75) is 12.5 Å². The Hall–Kier alpha value is -2.77. The number of benzene rings is 1. The van der Waals surface area contributed by atoms with Gasteiger partial charge in [0.15, 0.2) is 0 Å². The molecule has 1 rings (SSSR count). The molecular formula is C12H14N2O6. The quantitative estimate of drug-likeness (QED) is 0.552. The molecule has 2 amide bonds. The molecular weight excluding hydrogens is 268 g/mol. The van der Waals surface area contributed by atoms with Crippen LogP contribution in [0.25, 0.3) is 0 Å². The largest absolute Gasteiger partial charge is 0.507 e. The Morgan fingerprint density at radius 1 is 1.40 bits per heavy atom. The number of methoxy groups -OCH3 is 1. The topological polar surface area (TPSA) is 139 Å². The first kappa shape index (κ1) is 15.3. The Morgan fingerprint density at radius 2 is 2.05 bits per heavy atom. The zero-order valence-corrected chi connectivity index (χ0v) is 10.6. The van der Waals surface area contributed by atoms with Gasteiger partial charge in [0.25, 0.3) is 5.91 Å². The maximum Gasteiger partial charge on any atom is 0.326 e. The van der Waals surface area contributed by atoms with Gasteiger partial charge < -0.3 is 26.0 Å². The number of rotatable bonds is 6. The number of nitrogens with two attached hydrogens (primary N) is 1. The van der Waals surface area contributed by atoms with E-state index in [2.05, 4.69) is 5.32 Å². The van der Waals surface area contributed by atoms with Gasteiger partial charge in [0.2, 0.25) is 5.91 Å². The maximum absolute atomic E-state index is 11.9. The van der Waals surface area contributed by atoms with E-state index in [1.54, 1.807) is 0 Å². The van der Waals surface area contributed by atoms with E-state index in [0.29, 0.717) is 5.75 Å². The number of aromatic hydroxyl groups is 1. The fraction of sp³-hybridized carbons (Fsp3) is 0.250. The number of phenols is 1. The molecule has 8 heteroatoms. The van der Waals surface area contributed by atoms with E-state index >= 15 is 0 Å². The number of carbonyl (C=O) groups excluding carboxylic acids is 2. The van der Waals surface area contributed by atoms with Gasteiger partial charge in [0.05, 0.1) is 19.1 Å². The lowest BCUT2D eigenvalue weighted by atomic mass is 10.1. The minimum Gasteiger partial charge on any atom is -0.507 e. The lowest BCUT2D eigenvalue weighted by Crippen LogP contribution is -2.43. The number of hydrogen-bond donors (Lipinski definition) is 4. The fourth-order valence-electron chi connectivity index (χ4n) is 1.46. The third kappa shape index (κ3) is 3.87. The molecule has 0 saturated heterocycles. The predicted molar refractivity (Wildman–Crippen MR) is 67.4 cm³/mol. The van der Waals surface area contributed by atoms with Crippen LogP contribution in [0, 0.1) is 0 Å². The second-order valence-corrected chi connectivity index (χ2v) is 3.92. The molecule has 0 saturated carbocycles. The van der Waals surface area contributed by atoms with Crippen molar-refractivity contribution in [3.05, 3.63) is 23.8 Å². The van der Waals surface area contributed by atoms with E-state index < -0.39 is 30.2 Å². The molecule has 0 spiro atoms. The van der Waals surface area contributed by atoms with Crippen LogP contribution in [0.5, 0.6) is 11.5 Å². The molecule has 0 unspecified atom stereocenters. The first-order valence-corrected chi connectivity index (χ1v) is 5.54. The summed E-state index contributed by atoms with van der Waals surface area (Å²) in [5.74, 6) is -3.15. The standard InChI is InChI=1S/C12H14N2O6/c1-20-6-2-3-9(15)7(4-6)11(17)14-8(12(18)19)5-10(13)16/h2-4,8,15H,5H2,1H3,(H2,13,16)(H,14,17)(H,18,19)/t8-/m1/s1. The molecule has 1 aromatic rings. The number of carboxylic acid groups (broad SMARTS) is 1. The second kappa shape index (κ2) is 6.41. The van der Waals surface area contributed by atoms with Crippen molar-refractivity contribution in [3.8, 4) is 11.5 Å². The van der Waals surface area contributed by atoms with Crippen LogP contribution >= 0.6 is 0 Å². The predicted octanol–water partition coefficient (Wildman–Crippen LogP) is -0.541. The highest BCUT2D eigenvalue weighted by molar-refractivity contribution is 5.99. The molecule has 0 heterocycles. The summed E-state index contributed by atoms with van der Waals surface area (Å²) in [5.41, 5.74) is 4.73. The summed E-state index contributed by atoms with van der Waals surface area (Å²) in [4.78, 5) is 33.5. The number of carboxylic acids is 1. The van der Waals surface area contributed by atoms with Gasteiger partial charge in [-0.05, 0) is 18.2 Å². The SMILES string of the molecule is COc1ccc(O)c(C(=O)N[C@H](CC(N)=O)C(=O)O)c1. The summed E-state index contributed by atoms with van der Waals surface area (Å²) in [6.45, 7) is 0. The summed E-state index contributed by atoms with van der Waals surface area (Å²) in [6, 6.07) is 2.45.